The first-order valence-corrected chi connectivity index (χ1v) is 7.45. The second-order valence-electron chi connectivity index (χ2n) is 5.19. The number of hydrogen-bond donors (Lipinski definition) is 1. The van der Waals surface area contributed by atoms with Crippen molar-refractivity contribution in [3.8, 4) is 5.75 Å². The minimum Gasteiger partial charge on any atom is -0.550 e. The zero-order valence-electron chi connectivity index (χ0n) is 12.5. The number of carbonyl (C=O) groups is 2. The van der Waals surface area contributed by atoms with Crippen molar-refractivity contribution in [2.24, 2.45) is 5.92 Å². The van der Waals surface area contributed by atoms with Crippen molar-refractivity contribution in [3.63, 3.8) is 0 Å². The summed E-state index contributed by atoms with van der Waals surface area (Å²) in [6, 6.07) is 6.91. The van der Waals surface area contributed by atoms with Gasteiger partial charge in [-0.3, -0.25) is 4.79 Å². The van der Waals surface area contributed by atoms with E-state index >= 15 is 0 Å². The summed E-state index contributed by atoms with van der Waals surface area (Å²) in [6.45, 7) is 3.00. The summed E-state index contributed by atoms with van der Waals surface area (Å²) in [5.41, 5.74) is 0.595. The molecule has 1 fully saturated rings. The Hall–Kier alpha value is -2.08. The maximum Gasteiger partial charge on any atom is 0.225 e. The topological polar surface area (TPSA) is 87.7 Å². The quantitative estimate of drug-likeness (QED) is 0.810. The highest BCUT2D eigenvalue weighted by molar-refractivity contribution is 5.93. The first-order chi connectivity index (χ1) is 10.6. The molecule has 1 aliphatic rings. The molecule has 6 heteroatoms. The Labute approximate surface area is 129 Å². The van der Waals surface area contributed by atoms with Crippen molar-refractivity contribution >= 4 is 17.6 Å². The summed E-state index contributed by atoms with van der Waals surface area (Å²) in [4.78, 5) is 23.2. The number of carboxylic acid groups (broad SMARTS) is 1. The molecule has 1 aromatic carbocycles. The van der Waals surface area contributed by atoms with Crippen LogP contribution < -0.4 is 15.2 Å². The molecule has 6 nitrogen and oxygen atoms in total. The van der Waals surface area contributed by atoms with E-state index in [4.69, 9.17) is 9.47 Å². The first kappa shape index (κ1) is 16.3. The van der Waals surface area contributed by atoms with Crippen LogP contribution in [0.4, 0.5) is 5.69 Å². The fourth-order valence-electron chi connectivity index (χ4n) is 2.50. The van der Waals surface area contributed by atoms with Crippen LogP contribution in [0.15, 0.2) is 24.3 Å². The van der Waals surface area contributed by atoms with Gasteiger partial charge in [-0.05, 0) is 44.0 Å². The summed E-state index contributed by atoms with van der Waals surface area (Å²) >= 11 is 0. The van der Waals surface area contributed by atoms with E-state index in [9.17, 15) is 14.7 Å². The van der Waals surface area contributed by atoms with Crippen LogP contribution in [0.5, 0.6) is 5.75 Å². The van der Waals surface area contributed by atoms with Crippen LogP contribution in [0.1, 0.15) is 26.2 Å². The second kappa shape index (κ2) is 7.79. The summed E-state index contributed by atoms with van der Waals surface area (Å²) in [5, 5.41) is 13.9. The molecule has 2 atom stereocenters. The molecule has 0 unspecified atom stereocenters. The van der Waals surface area contributed by atoms with Gasteiger partial charge in [-0.25, -0.2) is 0 Å². The number of ether oxygens (including phenoxy) is 2. The van der Waals surface area contributed by atoms with Crippen molar-refractivity contribution in [1.29, 1.82) is 0 Å². The van der Waals surface area contributed by atoms with Crippen LogP contribution >= 0.6 is 0 Å². The third-order valence-electron chi connectivity index (χ3n) is 3.57. The van der Waals surface area contributed by atoms with E-state index in [2.05, 4.69) is 5.32 Å². The van der Waals surface area contributed by atoms with Gasteiger partial charge in [-0.1, -0.05) is 0 Å². The van der Waals surface area contributed by atoms with Gasteiger partial charge in [-0.15, -0.1) is 0 Å². The summed E-state index contributed by atoms with van der Waals surface area (Å²) < 4.78 is 10.7. The maximum absolute atomic E-state index is 12.0. The third-order valence-corrected chi connectivity index (χ3v) is 3.57. The molecule has 1 aliphatic heterocycles. The third kappa shape index (κ3) is 4.46. The molecule has 1 amide bonds. The number of carbonyl (C=O) groups excluding carboxylic acids is 2. The lowest BCUT2D eigenvalue weighted by molar-refractivity contribution is -0.314. The predicted molar refractivity (Wildman–Crippen MR) is 78.3 cm³/mol. The number of anilines is 1. The van der Waals surface area contributed by atoms with Gasteiger partial charge < -0.3 is 24.7 Å². The monoisotopic (exact) mass is 306 g/mol. The van der Waals surface area contributed by atoms with Gasteiger partial charge in [0.05, 0.1) is 12.7 Å². The van der Waals surface area contributed by atoms with Crippen LogP contribution in [0.2, 0.25) is 0 Å². The number of nitrogens with one attached hydrogen (secondary N) is 1. The highest BCUT2D eigenvalue weighted by atomic mass is 16.5. The number of carboxylic acids is 1. The van der Waals surface area contributed by atoms with Gasteiger partial charge in [0, 0.05) is 30.6 Å². The Balaban J connectivity index is 1.91. The Kier molecular flexibility index (Phi) is 5.77. The molecule has 0 bridgehead atoms. The number of aliphatic carboxylic acids is 1. The molecule has 1 heterocycles. The van der Waals surface area contributed by atoms with Gasteiger partial charge in [0.25, 0.3) is 0 Å². The Morgan fingerprint density at radius 2 is 2.14 bits per heavy atom. The molecule has 0 radical (unpaired) electrons. The van der Waals surface area contributed by atoms with Crippen molar-refractivity contribution in [1.82, 2.24) is 0 Å². The van der Waals surface area contributed by atoms with Crippen LogP contribution in [0.3, 0.4) is 0 Å². The standard InChI is InChI=1S/C16H21NO5/c1-2-21-12-7-5-11(6-8-12)17-15(18)10-13(16(19)20)14-4-3-9-22-14/h5-8,13-14H,2-4,9-10H2,1H3,(H,17,18)(H,19,20)/p-1/t13-,14+/m1/s1. The molecule has 0 spiro atoms. The molecule has 0 saturated carbocycles. The largest absolute Gasteiger partial charge is 0.550 e. The normalized spacial score (nSPS) is 18.7. The van der Waals surface area contributed by atoms with E-state index in [-0.39, 0.29) is 12.3 Å². The van der Waals surface area contributed by atoms with Gasteiger partial charge in [0.15, 0.2) is 0 Å². The van der Waals surface area contributed by atoms with E-state index in [1.165, 1.54) is 0 Å². The molecule has 2 rings (SSSR count). The van der Waals surface area contributed by atoms with Crippen LogP contribution in [-0.4, -0.2) is 31.2 Å². The molecule has 1 aromatic rings. The number of amides is 1. The van der Waals surface area contributed by atoms with Crippen molar-refractivity contribution in [2.75, 3.05) is 18.5 Å². The van der Waals surface area contributed by atoms with E-state index in [0.717, 1.165) is 6.42 Å². The molecule has 0 aromatic heterocycles. The summed E-state index contributed by atoms with van der Waals surface area (Å²) in [5.74, 6) is -1.81. The summed E-state index contributed by atoms with van der Waals surface area (Å²) in [6.07, 6.45) is 0.875. The number of rotatable bonds is 7. The van der Waals surface area contributed by atoms with Gasteiger partial charge in [0.2, 0.25) is 5.91 Å². The predicted octanol–water partition coefficient (Wildman–Crippen LogP) is 0.959. The molecular weight excluding hydrogens is 286 g/mol. The first-order valence-electron chi connectivity index (χ1n) is 7.45. The van der Waals surface area contributed by atoms with Crippen molar-refractivity contribution < 1.29 is 24.2 Å². The molecular formula is C16H20NO5-. The van der Waals surface area contributed by atoms with Crippen LogP contribution in [0.25, 0.3) is 0 Å². The molecule has 22 heavy (non-hydrogen) atoms. The molecule has 0 aliphatic carbocycles. The average molecular weight is 306 g/mol. The zero-order chi connectivity index (χ0) is 15.9. The Morgan fingerprint density at radius 3 is 2.68 bits per heavy atom. The Morgan fingerprint density at radius 1 is 1.41 bits per heavy atom. The minimum absolute atomic E-state index is 0.153. The van der Waals surface area contributed by atoms with Crippen LogP contribution in [-0.2, 0) is 14.3 Å². The van der Waals surface area contributed by atoms with E-state index in [0.29, 0.717) is 31.1 Å². The molecule has 1 saturated heterocycles. The second-order valence-corrected chi connectivity index (χ2v) is 5.19. The lowest BCUT2D eigenvalue weighted by Gasteiger charge is -2.23. The van der Waals surface area contributed by atoms with E-state index in [1.807, 2.05) is 6.92 Å². The summed E-state index contributed by atoms with van der Waals surface area (Å²) in [7, 11) is 0. The number of benzene rings is 1. The number of hydrogen-bond acceptors (Lipinski definition) is 5. The lowest BCUT2D eigenvalue weighted by Crippen LogP contribution is -2.40. The SMILES string of the molecule is CCOc1ccc(NC(=O)C[C@@H](C(=O)[O-])[C@@H]2CCCO2)cc1. The van der Waals surface area contributed by atoms with Crippen molar-refractivity contribution in [2.45, 2.75) is 32.3 Å². The fourth-order valence-corrected chi connectivity index (χ4v) is 2.50. The molecule has 1 N–H and O–H groups in total. The van der Waals surface area contributed by atoms with Gasteiger partial charge >= 0.3 is 0 Å². The minimum atomic E-state index is -1.24. The fraction of sp³-hybridized carbons (Fsp3) is 0.500. The van der Waals surface area contributed by atoms with Crippen molar-refractivity contribution in [3.05, 3.63) is 24.3 Å². The highest BCUT2D eigenvalue weighted by Gasteiger charge is 2.28. The molecule has 120 valence electrons. The highest BCUT2D eigenvalue weighted by Crippen LogP contribution is 2.23. The average Bonchev–Trinajstić information content (AvgIpc) is 3.01. The van der Waals surface area contributed by atoms with Crippen LogP contribution in [0, 0.1) is 5.92 Å². The van der Waals surface area contributed by atoms with Gasteiger partial charge in [-0.2, -0.15) is 0 Å². The Bertz CT molecular complexity index is 508. The van der Waals surface area contributed by atoms with Gasteiger partial charge in [0.1, 0.15) is 5.75 Å². The smallest absolute Gasteiger partial charge is 0.225 e. The maximum atomic E-state index is 12.0. The lowest BCUT2D eigenvalue weighted by atomic mass is 9.96. The van der Waals surface area contributed by atoms with E-state index < -0.39 is 18.0 Å². The van der Waals surface area contributed by atoms with E-state index in [1.54, 1.807) is 24.3 Å². The zero-order valence-corrected chi connectivity index (χ0v) is 12.5.